The number of nitrogens with two attached hydrogens (primary N) is 1. The molecule has 3 N–H and O–H groups in total. The summed E-state index contributed by atoms with van der Waals surface area (Å²) in [5.74, 6) is 0.347. The number of furan rings is 1. The van der Waals surface area contributed by atoms with Gasteiger partial charge in [0.15, 0.2) is 5.76 Å². The summed E-state index contributed by atoms with van der Waals surface area (Å²) in [6.45, 7) is 5.77. The van der Waals surface area contributed by atoms with Crippen LogP contribution >= 0.6 is 0 Å². The second-order valence-electron chi connectivity index (χ2n) is 4.12. The van der Waals surface area contributed by atoms with Crippen LogP contribution in [0.3, 0.4) is 0 Å². The molecule has 1 amide bonds. The van der Waals surface area contributed by atoms with Crippen LogP contribution < -0.4 is 11.2 Å². The van der Waals surface area contributed by atoms with Gasteiger partial charge in [0.25, 0.3) is 0 Å². The molecule has 0 aliphatic carbocycles. The summed E-state index contributed by atoms with van der Waals surface area (Å²) in [4.78, 5) is 16.5. The van der Waals surface area contributed by atoms with Crippen molar-refractivity contribution in [3.63, 3.8) is 0 Å². The molecular weight excluding hydrogens is 196 g/mol. The summed E-state index contributed by atoms with van der Waals surface area (Å²) in [5.41, 5.74) is 7.22. The Balaban J connectivity index is 2.54. The Morgan fingerprint density at radius 2 is 2.20 bits per heavy atom. The molecule has 15 heavy (non-hydrogen) atoms. The topological polar surface area (TPSA) is 77.5 Å². The number of hydroxylamine groups is 1. The van der Waals surface area contributed by atoms with Gasteiger partial charge in [0.1, 0.15) is 5.76 Å². The molecule has 0 aromatic carbocycles. The van der Waals surface area contributed by atoms with E-state index in [0.29, 0.717) is 5.76 Å². The van der Waals surface area contributed by atoms with E-state index in [1.165, 1.54) is 0 Å². The van der Waals surface area contributed by atoms with E-state index in [9.17, 15) is 4.79 Å². The molecule has 5 nitrogen and oxygen atoms in total. The molecule has 1 aromatic rings. The highest BCUT2D eigenvalue weighted by molar-refractivity contribution is 5.90. The summed E-state index contributed by atoms with van der Waals surface area (Å²) in [7, 11) is 0. The molecule has 1 heterocycles. The quantitative estimate of drug-likeness (QED) is 0.738. The van der Waals surface area contributed by atoms with E-state index in [1.54, 1.807) is 12.1 Å². The SMILES string of the molecule is CC(C)(C)ONC(=O)c1ccc(CN)o1. The van der Waals surface area contributed by atoms with Crippen molar-refractivity contribution >= 4 is 5.91 Å². The summed E-state index contributed by atoms with van der Waals surface area (Å²) in [5, 5.41) is 0. The molecule has 5 heteroatoms. The van der Waals surface area contributed by atoms with Gasteiger partial charge in [-0.25, -0.2) is 5.48 Å². The highest BCUT2D eigenvalue weighted by atomic mass is 16.7. The highest BCUT2D eigenvalue weighted by Crippen LogP contribution is 2.08. The number of rotatable bonds is 3. The molecule has 0 radical (unpaired) electrons. The van der Waals surface area contributed by atoms with Crippen LogP contribution in [0.2, 0.25) is 0 Å². The van der Waals surface area contributed by atoms with Crippen LogP contribution in [-0.2, 0) is 11.4 Å². The van der Waals surface area contributed by atoms with Crippen molar-refractivity contribution in [1.29, 1.82) is 0 Å². The molecule has 84 valence electrons. The molecule has 0 spiro atoms. The Morgan fingerprint density at radius 3 is 2.67 bits per heavy atom. The minimum absolute atomic E-state index is 0.194. The number of hydrogen-bond donors (Lipinski definition) is 2. The molecule has 0 saturated heterocycles. The van der Waals surface area contributed by atoms with Crippen LogP contribution in [0.1, 0.15) is 37.1 Å². The number of nitrogens with one attached hydrogen (secondary N) is 1. The molecular formula is C10H16N2O3. The molecule has 0 fully saturated rings. The van der Waals surface area contributed by atoms with Crippen molar-refractivity contribution in [2.75, 3.05) is 0 Å². The molecule has 0 saturated carbocycles. The second kappa shape index (κ2) is 4.46. The van der Waals surface area contributed by atoms with Crippen LogP contribution in [0.25, 0.3) is 0 Å². The Kier molecular flexibility index (Phi) is 3.49. The van der Waals surface area contributed by atoms with E-state index in [-0.39, 0.29) is 12.3 Å². The van der Waals surface area contributed by atoms with Gasteiger partial charge in [-0.3, -0.25) is 9.63 Å². The standard InChI is InChI=1S/C10H16N2O3/c1-10(2,3)15-12-9(13)8-5-4-7(6-11)14-8/h4-5H,6,11H2,1-3H3,(H,12,13). The maximum absolute atomic E-state index is 11.4. The van der Waals surface area contributed by atoms with Crippen LogP contribution in [0.5, 0.6) is 0 Å². The summed E-state index contributed by atoms with van der Waals surface area (Å²) in [6, 6.07) is 3.22. The normalized spacial score (nSPS) is 11.5. The van der Waals surface area contributed by atoms with Gasteiger partial charge >= 0.3 is 5.91 Å². The largest absolute Gasteiger partial charge is 0.454 e. The van der Waals surface area contributed by atoms with E-state index in [1.807, 2.05) is 20.8 Å². The average Bonchev–Trinajstić information content (AvgIpc) is 2.61. The van der Waals surface area contributed by atoms with Crippen LogP contribution in [0, 0.1) is 0 Å². The predicted octanol–water partition coefficient (Wildman–Crippen LogP) is 1.20. The summed E-state index contributed by atoms with van der Waals surface area (Å²) in [6.07, 6.45) is 0. The first-order valence-corrected chi connectivity index (χ1v) is 4.69. The first kappa shape index (κ1) is 11.7. The van der Waals surface area contributed by atoms with Crippen molar-refractivity contribution in [2.24, 2.45) is 5.73 Å². The monoisotopic (exact) mass is 212 g/mol. The van der Waals surface area contributed by atoms with Crippen molar-refractivity contribution in [1.82, 2.24) is 5.48 Å². The molecule has 0 aliphatic heterocycles. The minimum atomic E-state index is -0.432. The summed E-state index contributed by atoms with van der Waals surface area (Å²) >= 11 is 0. The van der Waals surface area contributed by atoms with Gasteiger partial charge in [0, 0.05) is 0 Å². The van der Waals surface area contributed by atoms with Gasteiger partial charge in [-0.15, -0.1) is 0 Å². The third-order valence-electron chi connectivity index (χ3n) is 1.54. The average molecular weight is 212 g/mol. The number of carbonyl (C=O) groups excluding carboxylic acids is 1. The van der Waals surface area contributed by atoms with Crippen molar-refractivity contribution in [3.05, 3.63) is 23.7 Å². The van der Waals surface area contributed by atoms with Crippen molar-refractivity contribution in [3.8, 4) is 0 Å². The lowest BCUT2D eigenvalue weighted by molar-refractivity contribution is -0.0598. The highest BCUT2D eigenvalue weighted by Gasteiger charge is 2.15. The predicted molar refractivity (Wildman–Crippen MR) is 54.9 cm³/mol. The number of carbonyl (C=O) groups is 1. The smallest absolute Gasteiger partial charge is 0.310 e. The molecule has 1 aromatic heterocycles. The van der Waals surface area contributed by atoms with Gasteiger partial charge in [-0.05, 0) is 32.9 Å². The van der Waals surface area contributed by atoms with E-state index < -0.39 is 11.5 Å². The molecule has 0 bridgehead atoms. The second-order valence-corrected chi connectivity index (χ2v) is 4.12. The fraction of sp³-hybridized carbons (Fsp3) is 0.500. The summed E-state index contributed by atoms with van der Waals surface area (Å²) < 4.78 is 5.14. The molecule has 0 aliphatic rings. The fourth-order valence-corrected chi connectivity index (χ4v) is 0.859. The molecule has 1 rings (SSSR count). The first-order chi connectivity index (χ1) is 6.92. The number of amides is 1. The zero-order valence-corrected chi connectivity index (χ0v) is 9.16. The molecule has 0 atom stereocenters. The lowest BCUT2D eigenvalue weighted by atomic mass is 10.2. The first-order valence-electron chi connectivity index (χ1n) is 4.69. The van der Waals surface area contributed by atoms with Crippen LogP contribution in [-0.4, -0.2) is 11.5 Å². The maximum Gasteiger partial charge on any atom is 0.310 e. The zero-order chi connectivity index (χ0) is 11.5. The van der Waals surface area contributed by atoms with Crippen molar-refractivity contribution in [2.45, 2.75) is 32.9 Å². The maximum atomic E-state index is 11.4. The van der Waals surface area contributed by atoms with Gasteiger partial charge < -0.3 is 10.2 Å². The van der Waals surface area contributed by atoms with E-state index in [4.69, 9.17) is 15.0 Å². The third-order valence-corrected chi connectivity index (χ3v) is 1.54. The minimum Gasteiger partial charge on any atom is -0.454 e. The van der Waals surface area contributed by atoms with E-state index in [2.05, 4.69) is 5.48 Å². The third kappa shape index (κ3) is 3.73. The van der Waals surface area contributed by atoms with Crippen LogP contribution in [0.15, 0.2) is 16.5 Å². The van der Waals surface area contributed by atoms with Gasteiger partial charge in [-0.2, -0.15) is 0 Å². The Labute approximate surface area is 88.5 Å². The van der Waals surface area contributed by atoms with Crippen LogP contribution in [0.4, 0.5) is 0 Å². The lowest BCUT2D eigenvalue weighted by Gasteiger charge is -2.18. The lowest BCUT2D eigenvalue weighted by Crippen LogP contribution is -2.33. The number of hydrogen-bond acceptors (Lipinski definition) is 4. The Morgan fingerprint density at radius 1 is 1.53 bits per heavy atom. The Hall–Kier alpha value is -1.33. The fourth-order valence-electron chi connectivity index (χ4n) is 0.859. The van der Waals surface area contributed by atoms with Gasteiger partial charge in [0.05, 0.1) is 12.1 Å². The Bertz CT molecular complexity index is 339. The van der Waals surface area contributed by atoms with Crippen molar-refractivity contribution < 1.29 is 14.0 Å². The van der Waals surface area contributed by atoms with Gasteiger partial charge in [0.2, 0.25) is 0 Å². The van der Waals surface area contributed by atoms with Gasteiger partial charge in [-0.1, -0.05) is 0 Å². The van der Waals surface area contributed by atoms with E-state index in [0.717, 1.165) is 0 Å². The zero-order valence-electron chi connectivity index (χ0n) is 9.16. The van der Waals surface area contributed by atoms with E-state index >= 15 is 0 Å². The molecule has 0 unspecified atom stereocenters.